The van der Waals surface area contributed by atoms with Gasteiger partial charge in [-0.05, 0) is 43.7 Å². The Kier molecular flexibility index (Phi) is 6.13. The van der Waals surface area contributed by atoms with Crippen molar-refractivity contribution in [3.05, 3.63) is 57.9 Å². The summed E-state index contributed by atoms with van der Waals surface area (Å²) in [5, 5.41) is 11.3. The molecule has 170 valence electrons. The smallest absolute Gasteiger partial charge is 0.310 e. The number of hydrogen-bond donors (Lipinski definition) is 0. The highest BCUT2D eigenvalue weighted by atomic mass is 32.2. The van der Waals surface area contributed by atoms with Crippen molar-refractivity contribution in [2.75, 3.05) is 26.3 Å². The second kappa shape index (κ2) is 8.85. The first-order valence-electron chi connectivity index (χ1n) is 10.3. The first kappa shape index (κ1) is 22.2. The summed E-state index contributed by atoms with van der Waals surface area (Å²) in [6.45, 7) is 5.75. The standard InChI is InChI=1S/C21H24N4O6S/c1-3-24-18-7-5-16(32(28,29)23-8-10-30-11-9-23)13-17(18)22-21(24)14-31-20-12-15(2)4-6-19(20)25(26)27/h4-7,12-13H,3,8-11,14H2,1-2H3. The topological polar surface area (TPSA) is 117 Å². The van der Waals surface area contributed by atoms with Gasteiger partial charge in [-0.1, -0.05) is 6.07 Å². The molecule has 0 bridgehead atoms. The van der Waals surface area contributed by atoms with Crippen LogP contribution < -0.4 is 4.74 Å². The van der Waals surface area contributed by atoms with Crippen LogP contribution in [0.3, 0.4) is 0 Å². The fraction of sp³-hybridized carbons (Fsp3) is 0.381. The maximum atomic E-state index is 13.0. The summed E-state index contributed by atoms with van der Waals surface area (Å²) in [4.78, 5) is 15.6. The molecule has 10 nitrogen and oxygen atoms in total. The van der Waals surface area contributed by atoms with Crippen LogP contribution in [0.4, 0.5) is 5.69 Å². The van der Waals surface area contributed by atoms with E-state index in [-0.39, 0.29) is 22.9 Å². The summed E-state index contributed by atoms with van der Waals surface area (Å²) in [5.74, 6) is 0.722. The minimum Gasteiger partial charge on any atom is -0.479 e. The molecular formula is C21H24N4O6S. The number of hydrogen-bond acceptors (Lipinski definition) is 7. The minimum atomic E-state index is -3.64. The zero-order chi connectivity index (χ0) is 22.9. The molecule has 0 N–H and O–H groups in total. The third kappa shape index (κ3) is 4.18. The SMILES string of the molecule is CCn1c(COc2cc(C)ccc2[N+](=O)[O-])nc2cc(S(=O)(=O)N3CCOCC3)ccc21. The van der Waals surface area contributed by atoms with Crippen molar-refractivity contribution in [1.82, 2.24) is 13.9 Å². The molecule has 2 aromatic carbocycles. The Morgan fingerprint density at radius 2 is 1.94 bits per heavy atom. The lowest BCUT2D eigenvalue weighted by Gasteiger charge is -2.26. The number of rotatable bonds is 7. The molecule has 3 aromatic rings. The van der Waals surface area contributed by atoms with Crippen molar-refractivity contribution in [3.8, 4) is 5.75 Å². The fourth-order valence-electron chi connectivity index (χ4n) is 3.75. The fourth-order valence-corrected chi connectivity index (χ4v) is 5.18. The Hall–Kier alpha value is -3.02. The molecule has 32 heavy (non-hydrogen) atoms. The van der Waals surface area contributed by atoms with Crippen LogP contribution in [0, 0.1) is 17.0 Å². The van der Waals surface area contributed by atoms with Gasteiger partial charge in [0, 0.05) is 25.7 Å². The van der Waals surface area contributed by atoms with Gasteiger partial charge in [-0.15, -0.1) is 0 Å². The zero-order valence-corrected chi connectivity index (χ0v) is 18.7. The molecule has 1 aliphatic heterocycles. The number of morpholine rings is 1. The van der Waals surface area contributed by atoms with Gasteiger partial charge in [0.25, 0.3) is 0 Å². The maximum absolute atomic E-state index is 13.0. The number of nitrogens with zero attached hydrogens (tertiary/aromatic N) is 4. The summed E-state index contributed by atoms with van der Waals surface area (Å²) in [6, 6.07) is 9.56. The van der Waals surface area contributed by atoms with Crippen LogP contribution >= 0.6 is 0 Å². The van der Waals surface area contributed by atoms with Crippen LogP contribution in [0.1, 0.15) is 18.3 Å². The summed E-state index contributed by atoms with van der Waals surface area (Å²) in [6.07, 6.45) is 0. The van der Waals surface area contributed by atoms with Gasteiger partial charge >= 0.3 is 5.69 Å². The Labute approximate surface area is 185 Å². The van der Waals surface area contributed by atoms with Crippen LogP contribution in [0.25, 0.3) is 11.0 Å². The van der Waals surface area contributed by atoms with E-state index in [1.165, 1.54) is 10.4 Å². The van der Waals surface area contributed by atoms with Gasteiger partial charge in [-0.2, -0.15) is 4.31 Å². The lowest BCUT2D eigenvalue weighted by atomic mass is 10.2. The van der Waals surface area contributed by atoms with Crippen molar-refractivity contribution in [2.45, 2.75) is 31.9 Å². The van der Waals surface area contributed by atoms with Crippen LogP contribution in [-0.2, 0) is 27.9 Å². The molecule has 0 amide bonds. The molecule has 2 heterocycles. The number of nitro groups is 1. The van der Waals surface area contributed by atoms with Crippen molar-refractivity contribution in [2.24, 2.45) is 0 Å². The first-order chi connectivity index (χ1) is 15.3. The molecule has 4 rings (SSSR count). The second-order valence-corrected chi connectivity index (χ2v) is 9.39. The normalized spacial score (nSPS) is 15.2. The van der Waals surface area contributed by atoms with Crippen molar-refractivity contribution in [1.29, 1.82) is 0 Å². The van der Waals surface area contributed by atoms with Gasteiger partial charge in [0.2, 0.25) is 10.0 Å². The molecule has 1 saturated heterocycles. The van der Waals surface area contributed by atoms with E-state index in [4.69, 9.17) is 9.47 Å². The van der Waals surface area contributed by atoms with Crippen molar-refractivity contribution in [3.63, 3.8) is 0 Å². The van der Waals surface area contributed by atoms with Gasteiger partial charge in [0.1, 0.15) is 12.4 Å². The minimum absolute atomic E-state index is 0.0123. The Morgan fingerprint density at radius 1 is 1.19 bits per heavy atom. The number of sulfonamides is 1. The first-order valence-corrected chi connectivity index (χ1v) is 11.7. The predicted octanol–water partition coefficient (Wildman–Crippen LogP) is 2.87. The van der Waals surface area contributed by atoms with Crippen LogP contribution in [0.15, 0.2) is 41.3 Å². The molecule has 0 aliphatic carbocycles. The number of imidazole rings is 1. The van der Waals surface area contributed by atoms with Crippen molar-refractivity contribution < 1.29 is 22.8 Å². The lowest BCUT2D eigenvalue weighted by Crippen LogP contribution is -2.40. The highest BCUT2D eigenvalue weighted by molar-refractivity contribution is 7.89. The van der Waals surface area contributed by atoms with Gasteiger partial charge in [0.15, 0.2) is 5.75 Å². The van der Waals surface area contributed by atoms with E-state index in [2.05, 4.69) is 4.98 Å². The Bertz CT molecular complexity index is 1260. The largest absolute Gasteiger partial charge is 0.479 e. The van der Waals surface area contributed by atoms with Gasteiger partial charge in [-0.3, -0.25) is 10.1 Å². The maximum Gasteiger partial charge on any atom is 0.310 e. The molecule has 0 spiro atoms. The van der Waals surface area contributed by atoms with E-state index in [9.17, 15) is 18.5 Å². The monoisotopic (exact) mass is 460 g/mol. The quantitative estimate of drug-likeness (QED) is 0.393. The Morgan fingerprint density at radius 3 is 2.62 bits per heavy atom. The molecule has 0 atom stereocenters. The molecule has 0 unspecified atom stereocenters. The number of benzene rings is 2. The van der Waals surface area contributed by atoms with Gasteiger partial charge in [-0.25, -0.2) is 13.4 Å². The van der Waals surface area contributed by atoms with E-state index in [0.717, 1.165) is 11.1 Å². The zero-order valence-electron chi connectivity index (χ0n) is 17.9. The third-order valence-corrected chi connectivity index (χ3v) is 7.29. The summed E-state index contributed by atoms with van der Waals surface area (Å²) < 4.78 is 40.3. The lowest BCUT2D eigenvalue weighted by molar-refractivity contribution is -0.386. The molecule has 0 radical (unpaired) electrons. The van der Waals surface area contributed by atoms with Crippen LogP contribution in [0.5, 0.6) is 5.75 Å². The average Bonchev–Trinajstić information content (AvgIpc) is 3.14. The highest BCUT2D eigenvalue weighted by Crippen LogP contribution is 2.29. The number of ether oxygens (including phenoxy) is 2. The number of aromatic nitrogens is 2. The van der Waals surface area contributed by atoms with E-state index in [1.54, 1.807) is 30.3 Å². The molecule has 1 aliphatic rings. The van der Waals surface area contributed by atoms with E-state index in [1.807, 2.05) is 18.4 Å². The molecule has 0 saturated carbocycles. The predicted molar refractivity (Wildman–Crippen MR) is 117 cm³/mol. The molecule has 1 aromatic heterocycles. The molecular weight excluding hydrogens is 436 g/mol. The van der Waals surface area contributed by atoms with Crippen LogP contribution in [0.2, 0.25) is 0 Å². The summed E-state index contributed by atoms with van der Waals surface area (Å²) in [7, 11) is -3.64. The summed E-state index contributed by atoms with van der Waals surface area (Å²) >= 11 is 0. The molecule has 1 fully saturated rings. The van der Waals surface area contributed by atoms with E-state index in [0.29, 0.717) is 44.2 Å². The van der Waals surface area contributed by atoms with Crippen molar-refractivity contribution >= 4 is 26.7 Å². The molecule has 11 heteroatoms. The Balaban J connectivity index is 1.65. The summed E-state index contributed by atoms with van der Waals surface area (Å²) in [5.41, 5.74) is 2.02. The number of aryl methyl sites for hydroxylation is 2. The van der Waals surface area contributed by atoms with Crippen LogP contribution in [-0.4, -0.2) is 53.5 Å². The highest BCUT2D eigenvalue weighted by Gasteiger charge is 2.27. The number of nitro benzene ring substituents is 1. The second-order valence-electron chi connectivity index (χ2n) is 7.46. The average molecular weight is 461 g/mol. The van der Waals surface area contributed by atoms with Gasteiger partial charge in [0.05, 0.1) is 34.1 Å². The van der Waals surface area contributed by atoms with E-state index >= 15 is 0 Å². The van der Waals surface area contributed by atoms with Gasteiger partial charge < -0.3 is 14.0 Å². The van der Waals surface area contributed by atoms with E-state index < -0.39 is 14.9 Å². The number of fused-ring (bicyclic) bond motifs is 1. The third-order valence-electron chi connectivity index (χ3n) is 5.39.